The average molecular weight is 284 g/mol. The van der Waals surface area contributed by atoms with E-state index in [0.717, 1.165) is 39.1 Å². The van der Waals surface area contributed by atoms with Crippen LogP contribution in [0.25, 0.3) is 0 Å². The molecule has 1 aliphatic heterocycles. The smallest absolute Gasteiger partial charge is 0.409 e. The van der Waals surface area contributed by atoms with Gasteiger partial charge in [-0.15, -0.1) is 0 Å². The maximum absolute atomic E-state index is 11.6. The molecule has 0 aromatic rings. The summed E-state index contributed by atoms with van der Waals surface area (Å²) >= 11 is 0. The van der Waals surface area contributed by atoms with Crippen LogP contribution in [0.3, 0.4) is 0 Å². The molecule has 0 spiro atoms. The van der Waals surface area contributed by atoms with Crippen LogP contribution in [0.5, 0.6) is 0 Å². The molecule has 1 heterocycles. The van der Waals surface area contributed by atoms with E-state index in [9.17, 15) is 4.79 Å². The van der Waals surface area contributed by atoms with Crippen molar-refractivity contribution in [3.05, 3.63) is 0 Å². The quantitative estimate of drug-likeness (QED) is 0.759. The van der Waals surface area contributed by atoms with Gasteiger partial charge in [-0.25, -0.2) is 4.79 Å². The standard InChI is InChI=1S/C15H28N2O3/c1-2-19-15(18)17-10-7-13(8-11-17)16-9-12-20-14-5-3-4-6-14/h13-14,16H,2-12H2,1H3. The van der Waals surface area contributed by atoms with Gasteiger partial charge in [0.15, 0.2) is 0 Å². The summed E-state index contributed by atoms with van der Waals surface area (Å²) in [6, 6.07) is 0.507. The Balaban J connectivity index is 1.52. The van der Waals surface area contributed by atoms with E-state index in [1.807, 2.05) is 6.92 Å². The Morgan fingerprint density at radius 3 is 2.55 bits per heavy atom. The SMILES string of the molecule is CCOC(=O)N1CCC(NCCOC2CCCC2)CC1. The molecule has 0 aromatic carbocycles. The predicted molar refractivity (Wildman–Crippen MR) is 77.8 cm³/mol. The minimum Gasteiger partial charge on any atom is -0.450 e. The molecular formula is C15H28N2O3. The molecule has 0 aromatic heterocycles. The fraction of sp³-hybridized carbons (Fsp3) is 0.933. The summed E-state index contributed by atoms with van der Waals surface area (Å²) in [5.41, 5.74) is 0. The fourth-order valence-electron chi connectivity index (χ4n) is 3.02. The maximum atomic E-state index is 11.6. The van der Waals surface area contributed by atoms with Crippen LogP contribution in [0.15, 0.2) is 0 Å². The number of carbonyl (C=O) groups is 1. The Hall–Kier alpha value is -0.810. The first-order chi connectivity index (χ1) is 9.79. The Morgan fingerprint density at radius 1 is 1.20 bits per heavy atom. The van der Waals surface area contributed by atoms with Crippen molar-refractivity contribution < 1.29 is 14.3 Å². The van der Waals surface area contributed by atoms with E-state index in [2.05, 4.69) is 5.32 Å². The fourth-order valence-corrected chi connectivity index (χ4v) is 3.02. The van der Waals surface area contributed by atoms with Gasteiger partial charge in [-0.05, 0) is 32.6 Å². The molecule has 5 heteroatoms. The molecule has 0 radical (unpaired) electrons. The highest BCUT2D eigenvalue weighted by Crippen LogP contribution is 2.20. The largest absolute Gasteiger partial charge is 0.450 e. The molecule has 5 nitrogen and oxygen atoms in total. The van der Waals surface area contributed by atoms with Crippen molar-refractivity contribution in [2.24, 2.45) is 0 Å². The van der Waals surface area contributed by atoms with Crippen molar-refractivity contribution in [3.8, 4) is 0 Å². The highest BCUT2D eigenvalue weighted by atomic mass is 16.6. The van der Waals surface area contributed by atoms with Crippen molar-refractivity contribution in [2.45, 2.75) is 57.6 Å². The number of nitrogens with one attached hydrogen (secondary N) is 1. The summed E-state index contributed by atoms with van der Waals surface area (Å²) in [4.78, 5) is 13.4. The zero-order chi connectivity index (χ0) is 14.2. The van der Waals surface area contributed by atoms with Gasteiger partial charge in [0.1, 0.15) is 0 Å². The molecule has 2 fully saturated rings. The van der Waals surface area contributed by atoms with Crippen LogP contribution < -0.4 is 5.32 Å². The molecule has 2 rings (SSSR count). The second kappa shape index (κ2) is 8.47. The van der Waals surface area contributed by atoms with Crippen LogP contribution in [0.4, 0.5) is 4.79 Å². The lowest BCUT2D eigenvalue weighted by Gasteiger charge is -2.31. The summed E-state index contributed by atoms with van der Waals surface area (Å²) in [6.07, 6.45) is 7.45. The summed E-state index contributed by atoms with van der Waals surface area (Å²) in [6.45, 7) is 5.61. The summed E-state index contributed by atoms with van der Waals surface area (Å²) in [5.74, 6) is 0. The number of ether oxygens (including phenoxy) is 2. The number of hydrogen-bond acceptors (Lipinski definition) is 4. The van der Waals surface area contributed by atoms with E-state index in [0.29, 0.717) is 18.8 Å². The monoisotopic (exact) mass is 284 g/mol. The molecule has 1 saturated heterocycles. The van der Waals surface area contributed by atoms with E-state index in [1.165, 1.54) is 25.7 Å². The van der Waals surface area contributed by atoms with Crippen molar-refractivity contribution in [3.63, 3.8) is 0 Å². The Labute approximate surface area is 122 Å². The van der Waals surface area contributed by atoms with Crippen LogP contribution in [-0.2, 0) is 9.47 Å². The number of carbonyl (C=O) groups excluding carboxylic acids is 1. The Bertz CT molecular complexity index is 285. The number of likely N-dealkylation sites (tertiary alicyclic amines) is 1. The van der Waals surface area contributed by atoms with Crippen molar-refractivity contribution >= 4 is 6.09 Å². The molecule has 1 N–H and O–H groups in total. The van der Waals surface area contributed by atoms with E-state index < -0.39 is 0 Å². The van der Waals surface area contributed by atoms with Crippen LogP contribution in [-0.4, -0.2) is 56.0 Å². The Kier molecular flexibility index (Phi) is 6.60. The lowest BCUT2D eigenvalue weighted by atomic mass is 10.1. The summed E-state index contributed by atoms with van der Waals surface area (Å²) in [7, 11) is 0. The molecule has 0 atom stereocenters. The molecule has 1 aliphatic carbocycles. The van der Waals surface area contributed by atoms with Crippen LogP contribution in [0.1, 0.15) is 45.4 Å². The zero-order valence-electron chi connectivity index (χ0n) is 12.6. The van der Waals surface area contributed by atoms with Gasteiger partial charge < -0.3 is 19.7 Å². The van der Waals surface area contributed by atoms with E-state index in [1.54, 1.807) is 4.90 Å². The number of amides is 1. The highest BCUT2D eigenvalue weighted by molar-refractivity contribution is 5.67. The molecule has 1 saturated carbocycles. The summed E-state index contributed by atoms with van der Waals surface area (Å²) < 4.78 is 10.9. The first-order valence-corrected chi connectivity index (χ1v) is 8.06. The third-order valence-electron chi connectivity index (χ3n) is 4.21. The zero-order valence-corrected chi connectivity index (χ0v) is 12.6. The molecule has 2 aliphatic rings. The van der Waals surface area contributed by atoms with Crippen molar-refractivity contribution in [1.29, 1.82) is 0 Å². The normalized spacial score (nSPS) is 21.4. The minimum absolute atomic E-state index is 0.171. The molecule has 0 bridgehead atoms. The Morgan fingerprint density at radius 2 is 1.90 bits per heavy atom. The van der Waals surface area contributed by atoms with Crippen molar-refractivity contribution in [2.75, 3.05) is 32.8 Å². The second-order valence-corrected chi connectivity index (χ2v) is 5.69. The first-order valence-electron chi connectivity index (χ1n) is 8.06. The highest BCUT2D eigenvalue weighted by Gasteiger charge is 2.23. The van der Waals surface area contributed by atoms with Gasteiger partial charge in [0, 0.05) is 25.7 Å². The predicted octanol–water partition coefficient (Wildman–Crippen LogP) is 2.16. The molecule has 0 unspecified atom stereocenters. The first kappa shape index (κ1) is 15.6. The number of nitrogens with zero attached hydrogens (tertiary/aromatic N) is 1. The minimum atomic E-state index is -0.171. The van der Waals surface area contributed by atoms with Crippen LogP contribution in [0.2, 0.25) is 0 Å². The van der Waals surface area contributed by atoms with E-state index >= 15 is 0 Å². The summed E-state index contributed by atoms with van der Waals surface area (Å²) in [5, 5.41) is 3.53. The average Bonchev–Trinajstić information content (AvgIpc) is 2.98. The topological polar surface area (TPSA) is 50.8 Å². The van der Waals surface area contributed by atoms with Crippen LogP contribution >= 0.6 is 0 Å². The molecular weight excluding hydrogens is 256 g/mol. The van der Waals surface area contributed by atoms with E-state index in [-0.39, 0.29) is 6.09 Å². The molecule has 1 amide bonds. The van der Waals surface area contributed by atoms with Crippen LogP contribution in [0, 0.1) is 0 Å². The lowest BCUT2D eigenvalue weighted by molar-refractivity contribution is 0.0567. The lowest BCUT2D eigenvalue weighted by Crippen LogP contribution is -2.45. The second-order valence-electron chi connectivity index (χ2n) is 5.69. The van der Waals surface area contributed by atoms with Gasteiger partial charge in [0.25, 0.3) is 0 Å². The number of rotatable bonds is 6. The molecule has 20 heavy (non-hydrogen) atoms. The molecule has 116 valence electrons. The van der Waals surface area contributed by atoms with Gasteiger partial charge in [0.2, 0.25) is 0 Å². The maximum Gasteiger partial charge on any atom is 0.409 e. The van der Waals surface area contributed by atoms with Gasteiger partial charge in [-0.3, -0.25) is 0 Å². The number of piperidine rings is 1. The van der Waals surface area contributed by atoms with E-state index in [4.69, 9.17) is 9.47 Å². The van der Waals surface area contributed by atoms with Gasteiger partial charge in [-0.1, -0.05) is 12.8 Å². The van der Waals surface area contributed by atoms with Gasteiger partial charge >= 0.3 is 6.09 Å². The third-order valence-corrected chi connectivity index (χ3v) is 4.21. The third kappa shape index (κ3) is 4.94. The van der Waals surface area contributed by atoms with Gasteiger partial charge in [0.05, 0.1) is 19.3 Å². The van der Waals surface area contributed by atoms with Gasteiger partial charge in [-0.2, -0.15) is 0 Å². The van der Waals surface area contributed by atoms with Crippen molar-refractivity contribution in [1.82, 2.24) is 10.2 Å². The number of hydrogen-bond donors (Lipinski definition) is 1.